The van der Waals surface area contributed by atoms with Crippen LogP contribution in [0.1, 0.15) is 36.4 Å². The number of amides is 1. The topological polar surface area (TPSA) is 41.1 Å². The molecule has 2 N–H and O–H groups in total. The van der Waals surface area contributed by atoms with Crippen LogP contribution in [0.2, 0.25) is 0 Å². The summed E-state index contributed by atoms with van der Waals surface area (Å²) in [5.74, 6) is 0.352. The molecule has 1 amide bonds. The number of carbonyl (C=O) groups is 1. The van der Waals surface area contributed by atoms with Crippen molar-refractivity contribution in [3.63, 3.8) is 0 Å². The van der Waals surface area contributed by atoms with Crippen LogP contribution in [-0.4, -0.2) is 19.0 Å². The number of nitrogens with one attached hydrogen (secondary N) is 2. The van der Waals surface area contributed by atoms with Gasteiger partial charge in [0, 0.05) is 25.0 Å². The summed E-state index contributed by atoms with van der Waals surface area (Å²) in [6.07, 6.45) is 3.81. The van der Waals surface area contributed by atoms with Gasteiger partial charge < -0.3 is 10.6 Å². The molecule has 1 saturated carbocycles. The van der Waals surface area contributed by atoms with Crippen molar-refractivity contribution in [2.24, 2.45) is 5.92 Å². The summed E-state index contributed by atoms with van der Waals surface area (Å²) >= 11 is 0. The second-order valence-electron chi connectivity index (χ2n) is 5.42. The maximum absolute atomic E-state index is 13.6. The lowest BCUT2D eigenvalue weighted by molar-refractivity contribution is -0.122. The number of benzene rings is 1. The summed E-state index contributed by atoms with van der Waals surface area (Å²) in [6.45, 7) is 1.38. The maximum Gasteiger partial charge on any atom is 0.223 e. The lowest BCUT2D eigenvalue weighted by atomic mass is 10.1. The van der Waals surface area contributed by atoms with Gasteiger partial charge >= 0.3 is 0 Å². The molecule has 1 atom stereocenters. The van der Waals surface area contributed by atoms with Crippen molar-refractivity contribution in [3.05, 3.63) is 35.1 Å². The third-order valence-electron chi connectivity index (χ3n) is 3.98. The van der Waals surface area contributed by atoms with Crippen LogP contribution >= 0.6 is 0 Å². The van der Waals surface area contributed by atoms with Crippen molar-refractivity contribution < 1.29 is 9.18 Å². The summed E-state index contributed by atoms with van der Waals surface area (Å²) in [4.78, 5) is 11.5. The van der Waals surface area contributed by atoms with Gasteiger partial charge in [0.1, 0.15) is 5.82 Å². The number of carbonyl (C=O) groups excluding carboxylic acids is 1. The number of hydrogen-bond donors (Lipinski definition) is 2. The van der Waals surface area contributed by atoms with Gasteiger partial charge in [-0.3, -0.25) is 4.79 Å². The third kappa shape index (κ3) is 2.78. The summed E-state index contributed by atoms with van der Waals surface area (Å²) < 4.78 is 13.6. The van der Waals surface area contributed by atoms with E-state index in [0.29, 0.717) is 6.54 Å². The smallest absolute Gasteiger partial charge is 0.223 e. The van der Waals surface area contributed by atoms with Crippen LogP contribution in [0.15, 0.2) is 18.2 Å². The molecule has 0 bridgehead atoms. The van der Waals surface area contributed by atoms with Crippen molar-refractivity contribution in [1.29, 1.82) is 0 Å². The van der Waals surface area contributed by atoms with Crippen LogP contribution in [0, 0.1) is 11.7 Å². The SMILES string of the molecule is O=C(NCCNC1CCc2c(F)cccc21)C1CC1. The number of hydrogen-bond acceptors (Lipinski definition) is 2. The first kappa shape index (κ1) is 12.6. The standard InChI is InChI=1S/C15H19FN2O/c16-13-3-1-2-12-11(13)6-7-14(12)17-8-9-18-15(19)10-4-5-10/h1-3,10,14,17H,4-9H2,(H,18,19). The van der Waals surface area contributed by atoms with Crippen LogP contribution < -0.4 is 10.6 Å². The molecule has 4 heteroatoms. The van der Waals surface area contributed by atoms with Crippen molar-refractivity contribution in [3.8, 4) is 0 Å². The van der Waals surface area contributed by atoms with Crippen LogP contribution in [0.3, 0.4) is 0 Å². The largest absolute Gasteiger partial charge is 0.355 e. The number of rotatable bonds is 5. The second-order valence-corrected chi connectivity index (χ2v) is 5.42. The molecule has 0 heterocycles. The Morgan fingerprint density at radius 2 is 2.11 bits per heavy atom. The first-order valence-electron chi connectivity index (χ1n) is 7.04. The molecule has 1 fully saturated rings. The van der Waals surface area contributed by atoms with E-state index in [-0.39, 0.29) is 23.7 Å². The molecule has 0 radical (unpaired) electrons. The van der Waals surface area contributed by atoms with Gasteiger partial charge in [-0.2, -0.15) is 0 Å². The van der Waals surface area contributed by atoms with Gasteiger partial charge in [0.15, 0.2) is 0 Å². The summed E-state index contributed by atoms with van der Waals surface area (Å²) in [6, 6.07) is 5.51. The van der Waals surface area contributed by atoms with E-state index in [0.717, 1.165) is 43.4 Å². The van der Waals surface area contributed by atoms with Gasteiger partial charge in [0.05, 0.1) is 0 Å². The minimum atomic E-state index is -0.0937. The number of fused-ring (bicyclic) bond motifs is 1. The molecule has 3 rings (SSSR count). The van der Waals surface area contributed by atoms with Crippen LogP contribution in [0.5, 0.6) is 0 Å². The zero-order chi connectivity index (χ0) is 13.2. The van der Waals surface area contributed by atoms with Gasteiger partial charge in [-0.15, -0.1) is 0 Å². The van der Waals surface area contributed by atoms with E-state index >= 15 is 0 Å². The van der Waals surface area contributed by atoms with E-state index in [1.54, 1.807) is 6.07 Å². The molecule has 19 heavy (non-hydrogen) atoms. The molecule has 0 saturated heterocycles. The fraction of sp³-hybridized carbons (Fsp3) is 0.533. The average molecular weight is 262 g/mol. The molecular weight excluding hydrogens is 243 g/mol. The van der Waals surface area contributed by atoms with Crippen LogP contribution in [-0.2, 0) is 11.2 Å². The minimum Gasteiger partial charge on any atom is -0.355 e. The lowest BCUT2D eigenvalue weighted by Crippen LogP contribution is -2.33. The Morgan fingerprint density at radius 1 is 1.26 bits per heavy atom. The van der Waals surface area contributed by atoms with Gasteiger partial charge in [-0.05, 0) is 42.9 Å². The van der Waals surface area contributed by atoms with Gasteiger partial charge in [0.2, 0.25) is 5.91 Å². The first-order chi connectivity index (χ1) is 9.25. The highest BCUT2D eigenvalue weighted by Crippen LogP contribution is 2.32. The van der Waals surface area contributed by atoms with E-state index in [2.05, 4.69) is 10.6 Å². The molecular formula is C15H19FN2O. The van der Waals surface area contributed by atoms with E-state index in [1.807, 2.05) is 6.07 Å². The lowest BCUT2D eigenvalue weighted by Gasteiger charge is -2.14. The molecule has 0 spiro atoms. The Balaban J connectivity index is 1.47. The zero-order valence-electron chi connectivity index (χ0n) is 10.9. The first-order valence-corrected chi connectivity index (χ1v) is 7.04. The Kier molecular flexibility index (Phi) is 3.51. The van der Waals surface area contributed by atoms with Crippen LogP contribution in [0.25, 0.3) is 0 Å². The highest BCUT2D eigenvalue weighted by Gasteiger charge is 2.29. The Bertz CT molecular complexity index is 485. The van der Waals surface area contributed by atoms with Crippen molar-refractivity contribution in [2.75, 3.05) is 13.1 Å². The molecule has 1 aromatic rings. The monoisotopic (exact) mass is 262 g/mol. The Morgan fingerprint density at radius 3 is 2.89 bits per heavy atom. The molecule has 0 aliphatic heterocycles. The fourth-order valence-corrected chi connectivity index (χ4v) is 2.74. The molecule has 3 nitrogen and oxygen atoms in total. The van der Waals surface area contributed by atoms with Crippen molar-refractivity contribution >= 4 is 5.91 Å². The predicted molar refractivity (Wildman–Crippen MR) is 71.2 cm³/mol. The summed E-state index contributed by atoms with van der Waals surface area (Å²) in [5.41, 5.74) is 1.93. The quantitative estimate of drug-likeness (QED) is 0.796. The third-order valence-corrected chi connectivity index (χ3v) is 3.98. The molecule has 102 valence electrons. The highest BCUT2D eigenvalue weighted by molar-refractivity contribution is 5.80. The van der Waals surface area contributed by atoms with E-state index in [1.165, 1.54) is 6.07 Å². The Hall–Kier alpha value is -1.42. The van der Waals surface area contributed by atoms with E-state index in [9.17, 15) is 9.18 Å². The predicted octanol–water partition coefficient (Wildman–Crippen LogP) is 1.93. The maximum atomic E-state index is 13.6. The summed E-state index contributed by atoms with van der Waals surface area (Å²) in [7, 11) is 0. The number of halogens is 1. The second kappa shape index (κ2) is 5.29. The molecule has 2 aliphatic carbocycles. The molecule has 0 aromatic heterocycles. The van der Waals surface area contributed by atoms with Crippen molar-refractivity contribution in [2.45, 2.75) is 31.7 Å². The van der Waals surface area contributed by atoms with Gasteiger partial charge in [-0.1, -0.05) is 12.1 Å². The highest BCUT2D eigenvalue weighted by atomic mass is 19.1. The van der Waals surface area contributed by atoms with E-state index in [4.69, 9.17) is 0 Å². The fourth-order valence-electron chi connectivity index (χ4n) is 2.74. The summed E-state index contributed by atoms with van der Waals surface area (Å²) in [5, 5.41) is 6.33. The minimum absolute atomic E-state index is 0.0937. The zero-order valence-corrected chi connectivity index (χ0v) is 10.9. The molecule has 1 aromatic carbocycles. The van der Waals surface area contributed by atoms with E-state index < -0.39 is 0 Å². The van der Waals surface area contributed by atoms with Crippen molar-refractivity contribution in [1.82, 2.24) is 10.6 Å². The van der Waals surface area contributed by atoms with Gasteiger partial charge in [-0.25, -0.2) is 4.39 Å². The normalized spacial score (nSPS) is 21.2. The van der Waals surface area contributed by atoms with Crippen LogP contribution in [0.4, 0.5) is 4.39 Å². The Labute approximate surface area is 112 Å². The molecule has 1 unspecified atom stereocenters. The average Bonchev–Trinajstić information content (AvgIpc) is 3.17. The molecule has 2 aliphatic rings. The van der Waals surface area contributed by atoms with Gasteiger partial charge in [0.25, 0.3) is 0 Å².